The van der Waals surface area contributed by atoms with Gasteiger partial charge in [0.25, 0.3) is 0 Å². The molecule has 1 heterocycles. The number of methoxy groups -OCH3 is 2. The van der Waals surface area contributed by atoms with Gasteiger partial charge in [0.05, 0.1) is 20.4 Å². The second kappa shape index (κ2) is 12.0. The highest BCUT2D eigenvalue weighted by Crippen LogP contribution is 2.26. The number of rotatable bonds is 8. The number of sulfone groups is 1. The van der Waals surface area contributed by atoms with Gasteiger partial charge in [-0.1, -0.05) is 18.2 Å². The van der Waals surface area contributed by atoms with Crippen LogP contribution in [0, 0.1) is 6.92 Å². The van der Waals surface area contributed by atoms with Crippen molar-refractivity contribution in [3.05, 3.63) is 65.4 Å². The van der Waals surface area contributed by atoms with Gasteiger partial charge >= 0.3 is 5.97 Å². The van der Waals surface area contributed by atoms with Crippen LogP contribution in [0.15, 0.2) is 53.8 Å². The minimum absolute atomic E-state index is 0.313. The van der Waals surface area contributed by atoms with Gasteiger partial charge in [0.15, 0.2) is 0 Å². The lowest BCUT2D eigenvalue weighted by Gasteiger charge is -2.10. The number of benzene rings is 2. The third-order valence-corrected chi connectivity index (χ3v) is 5.25. The molecule has 11 heteroatoms. The number of para-hydroxylation sites is 1. The summed E-state index contributed by atoms with van der Waals surface area (Å²) in [4.78, 5) is 18.4. The van der Waals surface area contributed by atoms with Crippen LogP contribution in [0.4, 0.5) is 0 Å². The molecule has 0 bridgehead atoms. The Morgan fingerprint density at radius 3 is 2.21 bits per heavy atom. The third-order valence-electron chi connectivity index (χ3n) is 4.39. The highest BCUT2D eigenvalue weighted by molar-refractivity contribution is 7.90. The minimum atomic E-state index is -3.67. The number of ether oxygens (including phenoxy) is 3. The van der Waals surface area contributed by atoms with Crippen molar-refractivity contribution < 1.29 is 32.5 Å². The highest BCUT2D eigenvalue weighted by atomic mass is 32.2. The van der Waals surface area contributed by atoms with Crippen LogP contribution in [0.3, 0.4) is 0 Å². The second-order valence-corrected chi connectivity index (χ2v) is 8.98. The monoisotopic (exact) mass is 489 g/mol. The molecule has 0 saturated heterocycles. The van der Waals surface area contributed by atoms with Crippen molar-refractivity contribution in [2.24, 2.45) is 0 Å². The molecule has 10 nitrogen and oxygen atoms in total. The van der Waals surface area contributed by atoms with Crippen molar-refractivity contribution in [3.8, 4) is 23.1 Å². The van der Waals surface area contributed by atoms with Gasteiger partial charge in [0.2, 0.25) is 20.9 Å². The first-order chi connectivity index (χ1) is 16.1. The van der Waals surface area contributed by atoms with E-state index in [9.17, 15) is 13.2 Å². The Morgan fingerprint density at radius 1 is 1.09 bits per heavy atom. The van der Waals surface area contributed by atoms with Crippen LogP contribution in [0.2, 0.25) is 0 Å². The standard InChI is InChI=1S/C13H12N2O5S.C10H15NO2/c1-8-5-3-4-6-10(8)20-11-9(12(16)17)7-14-13(15-11)21(2,18)19;1-11-7-8-4-9(12-2)6-10(5-8)13-3/h3-7H,1-2H3,(H,16,17);4-6,11H,7H2,1-3H3. The van der Waals surface area contributed by atoms with Crippen molar-refractivity contribution in [2.75, 3.05) is 27.5 Å². The van der Waals surface area contributed by atoms with E-state index in [1.807, 2.05) is 25.2 Å². The van der Waals surface area contributed by atoms with Crippen molar-refractivity contribution in [1.82, 2.24) is 15.3 Å². The number of hydrogen-bond donors (Lipinski definition) is 2. The maximum absolute atomic E-state index is 11.5. The van der Waals surface area contributed by atoms with Gasteiger partial charge in [-0.15, -0.1) is 0 Å². The zero-order valence-electron chi connectivity index (χ0n) is 19.5. The maximum atomic E-state index is 11.5. The van der Waals surface area contributed by atoms with E-state index in [2.05, 4.69) is 15.3 Å². The summed E-state index contributed by atoms with van der Waals surface area (Å²) >= 11 is 0. The van der Waals surface area contributed by atoms with Gasteiger partial charge in [-0.25, -0.2) is 18.2 Å². The Hall–Kier alpha value is -3.70. The van der Waals surface area contributed by atoms with E-state index in [4.69, 9.17) is 19.3 Å². The third kappa shape index (κ3) is 7.42. The summed E-state index contributed by atoms with van der Waals surface area (Å²) < 4.78 is 38.6. The smallest absolute Gasteiger partial charge is 0.342 e. The number of aromatic carboxylic acids is 1. The number of nitrogens with one attached hydrogen (secondary N) is 1. The highest BCUT2D eigenvalue weighted by Gasteiger charge is 2.20. The number of nitrogens with zero attached hydrogens (tertiary/aromatic N) is 2. The summed E-state index contributed by atoms with van der Waals surface area (Å²) in [5, 5.41) is 11.7. The molecule has 1 aromatic heterocycles. The molecule has 3 aromatic rings. The molecular weight excluding hydrogens is 462 g/mol. The average Bonchev–Trinajstić information content (AvgIpc) is 2.80. The molecular formula is C23H27N3O7S. The number of carbonyl (C=O) groups is 1. The summed E-state index contributed by atoms with van der Waals surface area (Å²) in [5.41, 5.74) is 1.60. The van der Waals surface area contributed by atoms with Crippen molar-refractivity contribution in [2.45, 2.75) is 18.6 Å². The van der Waals surface area contributed by atoms with Crippen molar-refractivity contribution >= 4 is 15.8 Å². The molecule has 0 amide bonds. The predicted molar refractivity (Wildman–Crippen MR) is 126 cm³/mol. The van der Waals surface area contributed by atoms with Gasteiger partial charge in [-0.3, -0.25) is 0 Å². The first kappa shape index (κ1) is 26.6. The molecule has 0 fully saturated rings. The molecule has 0 aliphatic rings. The lowest BCUT2D eigenvalue weighted by atomic mass is 10.2. The van der Waals surface area contributed by atoms with E-state index in [0.29, 0.717) is 5.75 Å². The second-order valence-electron chi connectivity index (χ2n) is 7.07. The van der Waals surface area contributed by atoms with Gasteiger partial charge in [-0.2, -0.15) is 4.98 Å². The van der Waals surface area contributed by atoms with E-state index in [1.165, 1.54) is 0 Å². The van der Waals surface area contributed by atoms with Crippen LogP contribution < -0.4 is 19.5 Å². The molecule has 0 aliphatic heterocycles. The molecule has 0 radical (unpaired) electrons. The van der Waals surface area contributed by atoms with Crippen LogP contribution in [-0.2, 0) is 16.4 Å². The van der Waals surface area contributed by atoms with Crippen LogP contribution in [0.5, 0.6) is 23.1 Å². The van der Waals surface area contributed by atoms with Crippen LogP contribution in [0.1, 0.15) is 21.5 Å². The largest absolute Gasteiger partial charge is 0.497 e. The minimum Gasteiger partial charge on any atom is -0.497 e. The first-order valence-corrected chi connectivity index (χ1v) is 11.9. The topological polar surface area (TPSA) is 137 Å². The molecule has 34 heavy (non-hydrogen) atoms. The summed E-state index contributed by atoms with van der Waals surface area (Å²) in [7, 11) is 1.54. The molecule has 182 valence electrons. The van der Waals surface area contributed by atoms with Crippen molar-refractivity contribution in [3.63, 3.8) is 0 Å². The predicted octanol–water partition coefficient (Wildman–Crippen LogP) is 3.10. The molecule has 3 rings (SSSR count). The maximum Gasteiger partial charge on any atom is 0.342 e. The van der Waals surface area contributed by atoms with Crippen LogP contribution in [-0.4, -0.2) is 57.0 Å². The molecule has 0 unspecified atom stereocenters. The number of aryl methyl sites for hydroxylation is 1. The lowest BCUT2D eigenvalue weighted by Crippen LogP contribution is -2.09. The van der Waals surface area contributed by atoms with Gasteiger partial charge < -0.3 is 24.6 Å². The summed E-state index contributed by atoms with van der Waals surface area (Å²) in [6.45, 7) is 2.59. The average molecular weight is 490 g/mol. The molecule has 2 aromatic carbocycles. The van der Waals surface area contributed by atoms with Crippen LogP contribution >= 0.6 is 0 Å². The van der Waals surface area contributed by atoms with E-state index >= 15 is 0 Å². The SMILES string of the molecule is CNCc1cc(OC)cc(OC)c1.Cc1ccccc1Oc1nc(S(C)(=O)=O)ncc1C(=O)O. The fraction of sp³-hybridized carbons (Fsp3) is 0.261. The molecule has 2 N–H and O–H groups in total. The fourth-order valence-corrected chi connectivity index (χ4v) is 3.19. The number of aromatic nitrogens is 2. The quantitative estimate of drug-likeness (QED) is 0.454. The van der Waals surface area contributed by atoms with Gasteiger partial charge in [-0.05, 0) is 43.3 Å². The number of carboxylic acids is 1. The number of hydrogen-bond acceptors (Lipinski definition) is 9. The van der Waals surface area contributed by atoms with E-state index in [-0.39, 0.29) is 11.4 Å². The Morgan fingerprint density at radius 2 is 1.71 bits per heavy atom. The van der Waals surface area contributed by atoms with Gasteiger partial charge in [0.1, 0.15) is 22.8 Å². The first-order valence-electron chi connectivity index (χ1n) is 9.99. The Balaban J connectivity index is 0.000000270. The Labute approximate surface area is 198 Å². The van der Waals surface area contributed by atoms with E-state index in [0.717, 1.165) is 41.6 Å². The summed E-state index contributed by atoms with van der Waals surface area (Å²) in [5.74, 6) is 0.415. The normalized spacial score (nSPS) is 10.6. The van der Waals surface area contributed by atoms with Crippen molar-refractivity contribution in [1.29, 1.82) is 0 Å². The number of carboxylic acid groups (broad SMARTS) is 1. The molecule has 0 aliphatic carbocycles. The lowest BCUT2D eigenvalue weighted by molar-refractivity contribution is 0.0692. The van der Waals surface area contributed by atoms with E-state index in [1.54, 1.807) is 45.4 Å². The zero-order chi connectivity index (χ0) is 25.3. The van der Waals surface area contributed by atoms with Crippen LogP contribution in [0.25, 0.3) is 0 Å². The summed E-state index contributed by atoms with van der Waals surface area (Å²) in [6, 6.07) is 12.7. The Kier molecular flexibility index (Phi) is 9.34. The molecule has 0 saturated carbocycles. The molecule has 0 atom stereocenters. The van der Waals surface area contributed by atoms with Gasteiger partial charge in [0, 0.05) is 18.9 Å². The zero-order valence-corrected chi connectivity index (χ0v) is 20.3. The summed E-state index contributed by atoms with van der Waals surface area (Å²) in [6.07, 6.45) is 1.85. The Bertz CT molecular complexity index is 1220. The fourth-order valence-electron chi connectivity index (χ4n) is 2.70. The van der Waals surface area contributed by atoms with E-state index < -0.39 is 21.0 Å². The molecule has 0 spiro atoms.